The molecule has 1 atom stereocenters. The first-order valence-electron chi connectivity index (χ1n) is 9.13. The van der Waals surface area contributed by atoms with Gasteiger partial charge in [-0.1, -0.05) is 30.3 Å². The standard InChI is InChI=1S/C21H18F3N3O2/c22-21(23,24)17-7-2-1-4-14(17)11-27-12-15(10-18(27)28)26-20(29)16-6-3-5-13-8-9-25-19(13)16/h1-9,15,25H,10-12H2,(H,26,29)/t15-/m0/s1. The van der Waals surface area contributed by atoms with Crippen LogP contribution >= 0.6 is 0 Å². The van der Waals surface area contributed by atoms with Crippen LogP contribution in [0.4, 0.5) is 13.2 Å². The number of fused-ring (bicyclic) bond motifs is 1. The van der Waals surface area contributed by atoms with Gasteiger partial charge in [-0.3, -0.25) is 9.59 Å². The Bertz CT molecular complexity index is 1070. The molecule has 150 valence electrons. The molecule has 8 heteroatoms. The maximum Gasteiger partial charge on any atom is 0.416 e. The van der Waals surface area contributed by atoms with Gasteiger partial charge in [0.25, 0.3) is 5.91 Å². The minimum Gasteiger partial charge on any atom is -0.361 e. The first-order valence-corrected chi connectivity index (χ1v) is 9.13. The van der Waals surface area contributed by atoms with E-state index in [9.17, 15) is 22.8 Å². The number of H-pyrrole nitrogens is 1. The molecule has 3 aromatic rings. The predicted molar refractivity (Wildman–Crippen MR) is 101 cm³/mol. The number of para-hydroxylation sites is 1. The minimum atomic E-state index is -4.48. The van der Waals surface area contributed by atoms with E-state index in [1.54, 1.807) is 18.3 Å². The van der Waals surface area contributed by atoms with Crippen molar-refractivity contribution in [3.63, 3.8) is 0 Å². The Morgan fingerprint density at radius 3 is 2.72 bits per heavy atom. The third-order valence-electron chi connectivity index (χ3n) is 5.07. The van der Waals surface area contributed by atoms with Gasteiger partial charge in [0.15, 0.2) is 0 Å². The summed E-state index contributed by atoms with van der Waals surface area (Å²) in [5.74, 6) is -0.612. The summed E-state index contributed by atoms with van der Waals surface area (Å²) in [5, 5.41) is 3.72. The van der Waals surface area contributed by atoms with Crippen LogP contribution in [0, 0.1) is 0 Å². The Morgan fingerprint density at radius 2 is 1.93 bits per heavy atom. The summed E-state index contributed by atoms with van der Waals surface area (Å²) in [7, 11) is 0. The van der Waals surface area contributed by atoms with Gasteiger partial charge >= 0.3 is 6.18 Å². The van der Waals surface area contributed by atoms with Crippen LogP contribution in [0.3, 0.4) is 0 Å². The van der Waals surface area contributed by atoms with Gasteiger partial charge in [0.1, 0.15) is 0 Å². The second-order valence-electron chi connectivity index (χ2n) is 7.05. The highest BCUT2D eigenvalue weighted by Gasteiger charge is 2.36. The number of benzene rings is 2. The van der Waals surface area contributed by atoms with Crippen LogP contribution in [0.15, 0.2) is 54.7 Å². The van der Waals surface area contributed by atoms with E-state index in [1.165, 1.54) is 23.1 Å². The number of hydrogen-bond acceptors (Lipinski definition) is 2. The number of amides is 2. The Morgan fingerprint density at radius 1 is 1.14 bits per heavy atom. The molecule has 5 nitrogen and oxygen atoms in total. The molecule has 1 fully saturated rings. The van der Waals surface area contributed by atoms with E-state index in [2.05, 4.69) is 10.3 Å². The fourth-order valence-corrected chi connectivity index (χ4v) is 3.70. The monoisotopic (exact) mass is 401 g/mol. The molecule has 0 saturated carbocycles. The highest BCUT2D eigenvalue weighted by Crippen LogP contribution is 2.33. The summed E-state index contributed by atoms with van der Waals surface area (Å²) in [5.41, 5.74) is 0.446. The van der Waals surface area contributed by atoms with Crippen molar-refractivity contribution in [2.24, 2.45) is 0 Å². The number of halogens is 3. The summed E-state index contributed by atoms with van der Waals surface area (Å²) < 4.78 is 39.6. The van der Waals surface area contributed by atoms with Crippen LogP contribution in [-0.4, -0.2) is 34.3 Å². The summed E-state index contributed by atoms with van der Waals surface area (Å²) in [6.45, 7) is 0.0184. The minimum absolute atomic E-state index is 0.0384. The molecule has 2 amide bonds. The molecule has 1 saturated heterocycles. The van der Waals surface area contributed by atoms with Crippen molar-refractivity contribution in [3.05, 3.63) is 71.4 Å². The molecule has 1 aliphatic rings. The van der Waals surface area contributed by atoms with Gasteiger partial charge in [0.05, 0.1) is 22.7 Å². The molecule has 2 N–H and O–H groups in total. The highest BCUT2D eigenvalue weighted by atomic mass is 19.4. The molecular weight excluding hydrogens is 383 g/mol. The van der Waals surface area contributed by atoms with E-state index in [-0.39, 0.29) is 36.9 Å². The van der Waals surface area contributed by atoms with Crippen LogP contribution in [0.5, 0.6) is 0 Å². The molecule has 4 rings (SSSR count). The SMILES string of the molecule is O=C(N[C@H]1CC(=O)N(Cc2ccccc2C(F)(F)F)C1)c1cccc2cc[nH]c12. The summed E-state index contributed by atoms with van der Waals surface area (Å²) in [6.07, 6.45) is -2.69. The lowest BCUT2D eigenvalue weighted by atomic mass is 10.1. The van der Waals surface area contributed by atoms with E-state index < -0.39 is 17.8 Å². The normalized spacial score (nSPS) is 17.1. The summed E-state index contributed by atoms with van der Waals surface area (Å²) in [6, 6.07) is 11.9. The lowest BCUT2D eigenvalue weighted by Crippen LogP contribution is -2.37. The third kappa shape index (κ3) is 3.83. The zero-order chi connectivity index (χ0) is 20.6. The highest BCUT2D eigenvalue weighted by molar-refractivity contribution is 6.06. The molecule has 1 aromatic heterocycles. The number of alkyl halides is 3. The zero-order valence-corrected chi connectivity index (χ0v) is 15.3. The van der Waals surface area contributed by atoms with Crippen LogP contribution < -0.4 is 5.32 Å². The van der Waals surface area contributed by atoms with Crippen molar-refractivity contribution in [1.29, 1.82) is 0 Å². The van der Waals surface area contributed by atoms with Crippen molar-refractivity contribution in [2.45, 2.75) is 25.2 Å². The molecule has 29 heavy (non-hydrogen) atoms. The lowest BCUT2D eigenvalue weighted by molar-refractivity contribution is -0.139. The number of aromatic nitrogens is 1. The zero-order valence-electron chi connectivity index (χ0n) is 15.3. The second-order valence-corrected chi connectivity index (χ2v) is 7.05. The summed E-state index contributed by atoms with van der Waals surface area (Å²) in [4.78, 5) is 29.4. The van der Waals surface area contributed by atoms with Crippen molar-refractivity contribution < 1.29 is 22.8 Å². The first-order chi connectivity index (χ1) is 13.8. The molecule has 0 bridgehead atoms. The molecule has 2 aromatic carbocycles. The Hall–Kier alpha value is -3.29. The van der Waals surface area contributed by atoms with Gasteiger partial charge < -0.3 is 15.2 Å². The van der Waals surface area contributed by atoms with Gasteiger partial charge in [-0.25, -0.2) is 0 Å². The number of hydrogen-bond donors (Lipinski definition) is 2. The number of rotatable bonds is 4. The Labute approximate surface area is 164 Å². The van der Waals surface area contributed by atoms with Gasteiger partial charge in [-0.15, -0.1) is 0 Å². The lowest BCUT2D eigenvalue weighted by Gasteiger charge is -2.20. The van der Waals surface area contributed by atoms with Gasteiger partial charge in [0, 0.05) is 31.1 Å². The van der Waals surface area contributed by atoms with Crippen LogP contribution in [0.25, 0.3) is 10.9 Å². The molecule has 0 unspecified atom stereocenters. The number of nitrogens with one attached hydrogen (secondary N) is 2. The number of aromatic amines is 1. The Kier molecular flexibility index (Phi) is 4.77. The van der Waals surface area contributed by atoms with Crippen LogP contribution in [0.2, 0.25) is 0 Å². The number of carbonyl (C=O) groups excluding carboxylic acids is 2. The third-order valence-corrected chi connectivity index (χ3v) is 5.07. The maximum absolute atomic E-state index is 13.2. The van der Waals surface area contributed by atoms with E-state index in [0.29, 0.717) is 11.1 Å². The predicted octanol–water partition coefficient (Wildman–Crippen LogP) is 3.72. The first kappa shape index (κ1) is 19.0. The maximum atomic E-state index is 13.2. The molecule has 2 heterocycles. The van der Waals surface area contributed by atoms with Crippen molar-refractivity contribution >= 4 is 22.7 Å². The topological polar surface area (TPSA) is 65.2 Å². The van der Waals surface area contributed by atoms with Crippen LogP contribution in [-0.2, 0) is 17.5 Å². The average Bonchev–Trinajstić information content (AvgIpc) is 3.27. The quantitative estimate of drug-likeness (QED) is 0.700. The fourth-order valence-electron chi connectivity index (χ4n) is 3.70. The molecule has 0 spiro atoms. The molecule has 1 aliphatic heterocycles. The van der Waals surface area contributed by atoms with E-state index in [4.69, 9.17) is 0 Å². The van der Waals surface area contributed by atoms with E-state index >= 15 is 0 Å². The Balaban J connectivity index is 1.46. The van der Waals surface area contributed by atoms with Crippen molar-refractivity contribution in [3.8, 4) is 0 Å². The number of likely N-dealkylation sites (tertiary alicyclic amines) is 1. The number of nitrogens with zero attached hydrogens (tertiary/aromatic N) is 1. The molecular formula is C21H18F3N3O2. The van der Waals surface area contributed by atoms with E-state index in [1.807, 2.05) is 12.1 Å². The van der Waals surface area contributed by atoms with Crippen LogP contribution in [0.1, 0.15) is 27.9 Å². The number of carbonyl (C=O) groups is 2. The largest absolute Gasteiger partial charge is 0.416 e. The van der Waals surface area contributed by atoms with E-state index in [0.717, 1.165) is 11.5 Å². The molecule has 0 radical (unpaired) electrons. The van der Waals surface area contributed by atoms with Crippen molar-refractivity contribution in [2.75, 3.05) is 6.54 Å². The van der Waals surface area contributed by atoms with Gasteiger partial charge in [0.2, 0.25) is 5.91 Å². The molecule has 0 aliphatic carbocycles. The average molecular weight is 401 g/mol. The van der Waals surface area contributed by atoms with Crippen molar-refractivity contribution in [1.82, 2.24) is 15.2 Å². The second kappa shape index (κ2) is 7.27. The van der Waals surface area contributed by atoms with Gasteiger partial charge in [-0.05, 0) is 23.8 Å². The fraction of sp³-hybridized carbons (Fsp3) is 0.238. The summed E-state index contributed by atoms with van der Waals surface area (Å²) >= 11 is 0. The van der Waals surface area contributed by atoms with Gasteiger partial charge in [-0.2, -0.15) is 13.2 Å². The smallest absolute Gasteiger partial charge is 0.361 e.